The zero-order valence-corrected chi connectivity index (χ0v) is 9.48. The maximum Gasteiger partial charge on any atom is 0.224 e. The molecule has 1 saturated heterocycles. The minimum Gasteiger partial charge on any atom is -0.369 e. The summed E-state index contributed by atoms with van der Waals surface area (Å²) in [7, 11) is 1.66. The molecule has 1 aromatic rings. The molecule has 0 aliphatic carbocycles. The van der Waals surface area contributed by atoms with Crippen LogP contribution in [-0.2, 0) is 4.79 Å². The second-order valence-electron chi connectivity index (χ2n) is 3.95. The van der Waals surface area contributed by atoms with Gasteiger partial charge >= 0.3 is 0 Å². The summed E-state index contributed by atoms with van der Waals surface area (Å²) in [4.78, 5) is 20.6. The number of amides is 1. The third-order valence-corrected chi connectivity index (χ3v) is 2.84. The Morgan fingerprint density at radius 1 is 1.71 bits per heavy atom. The topological polar surface area (TPSA) is 84.1 Å². The molecule has 2 rings (SSSR count). The lowest BCUT2D eigenvalue weighted by molar-refractivity contribution is -0.121. The van der Waals surface area contributed by atoms with Crippen molar-refractivity contribution in [3.63, 3.8) is 0 Å². The Hall–Kier alpha value is -1.92. The number of rotatable bonds is 3. The van der Waals surface area contributed by atoms with Crippen LogP contribution in [0.5, 0.6) is 0 Å². The number of carbonyl (C=O) groups is 1. The number of carbonyl (C=O) groups excluding carboxylic acids is 1. The Morgan fingerprint density at radius 2 is 2.47 bits per heavy atom. The molecule has 0 saturated carbocycles. The number of anilines is 2. The van der Waals surface area contributed by atoms with E-state index in [9.17, 15) is 9.18 Å². The Bertz CT molecular complexity index is 439. The van der Waals surface area contributed by atoms with Crippen molar-refractivity contribution < 1.29 is 9.18 Å². The first-order chi connectivity index (χ1) is 8.11. The first-order valence-electron chi connectivity index (χ1n) is 5.36. The smallest absolute Gasteiger partial charge is 0.224 e. The van der Waals surface area contributed by atoms with Crippen LogP contribution in [0.2, 0.25) is 0 Å². The lowest BCUT2D eigenvalue weighted by Gasteiger charge is -2.17. The fourth-order valence-corrected chi connectivity index (χ4v) is 1.89. The average molecular weight is 239 g/mol. The molecule has 2 heterocycles. The largest absolute Gasteiger partial charge is 0.369 e. The predicted molar refractivity (Wildman–Crippen MR) is 61.1 cm³/mol. The van der Waals surface area contributed by atoms with Crippen LogP contribution in [0.3, 0.4) is 0 Å². The SMILES string of the molecule is CNc1ncc(F)c(N2CCC(C(N)=O)C2)n1. The van der Waals surface area contributed by atoms with Gasteiger partial charge in [0.25, 0.3) is 0 Å². The first-order valence-corrected chi connectivity index (χ1v) is 5.36. The van der Waals surface area contributed by atoms with Crippen molar-refractivity contribution in [3.05, 3.63) is 12.0 Å². The summed E-state index contributed by atoms with van der Waals surface area (Å²) >= 11 is 0. The van der Waals surface area contributed by atoms with Crippen molar-refractivity contribution in [2.75, 3.05) is 30.4 Å². The van der Waals surface area contributed by atoms with Gasteiger partial charge in [-0.05, 0) is 6.42 Å². The summed E-state index contributed by atoms with van der Waals surface area (Å²) in [6.07, 6.45) is 1.75. The third-order valence-electron chi connectivity index (χ3n) is 2.84. The number of primary amides is 1. The molecule has 0 spiro atoms. The molecule has 6 nitrogen and oxygen atoms in total. The fraction of sp³-hybridized carbons (Fsp3) is 0.500. The second-order valence-corrected chi connectivity index (χ2v) is 3.95. The van der Waals surface area contributed by atoms with E-state index < -0.39 is 5.82 Å². The highest BCUT2D eigenvalue weighted by molar-refractivity contribution is 5.78. The highest BCUT2D eigenvalue weighted by Gasteiger charge is 2.29. The van der Waals surface area contributed by atoms with Crippen LogP contribution in [0, 0.1) is 11.7 Å². The van der Waals surface area contributed by atoms with Gasteiger partial charge in [-0.25, -0.2) is 9.37 Å². The summed E-state index contributed by atoms with van der Waals surface area (Å²) in [5.74, 6) is -0.510. The third kappa shape index (κ3) is 2.27. The van der Waals surface area contributed by atoms with Gasteiger partial charge in [0.15, 0.2) is 11.6 Å². The van der Waals surface area contributed by atoms with Gasteiger partial charge in [0.1, 0.15) is 0 Å². The Balaban J connectivity index is 2.20. The van der Waals surface area contributed by atoms with Gasteiger partial charge in [-0.3, -0.25) is 4.79 Å². The fourth-order valence-electron chi connectivity index (χ4n) is 1.89. The number of halogens is 1. The van der Waals surface area contributed by atoms with Gasteiger partial charge in [-0.2, -0.15) is 4.98 Å². The predicted octanol–water partition coefficient (Wildman–Crippen LogP) is -0.0310. The number of nitrogens with two attached hydrogens (primary N) is 1. The molecule has 1 aliphatic heterocycles. The number of aromatic nitrogens is 2. The van der Waals surface area contributed by atoms with E-state index in [1.54, 1.807) is 11.9 Å². The molecule has 1 atom stereocenters. The average Bonchev–Trinajstić information content (AvgIpc) is 2.79. The Morgan fingerprint density at radius 3 is 3.06 bits per heavy atom. The monoisotopic (exact) mass is 239 g/mol. The van der Waals surface area contributed by atoms with E-state index in [0.29, 0.717) is 25.5 Å². The Kier molecular flexibility index (Phi) is 3.08. The molecule has 17 heavy (non-hydrogen) atoms. The molecule has 0 radical (unpaired) electrons. The van der Waals surface area contributed by atoms with Crippen LogP contribution in [0.4, 0.5) is 16.2 Å². The standard InChI is InChI=1S/C10H14FN5O/c1-13-10-14-4-7(11)9(15-10)16-3-2-6(5-16)8(12)17/h4,6H,2-3,5H2,1H3,(H2,12,17)(H,13,14,15). The first kappa shape index (κ1) is 11.6. The number of hydrogen-bond acceptors (Lipinski definition) is 5. The second kappa shape index (κ2) is 4.52. The number of nitrogens with one attached hydrogen (secondary N) is 1. The molecule has 1 amide bonds. The zero-order valence-electron chi connectivity index (χ0n) is 9.48. The number of nitrogens with zero attached hydrogens (tertiary/aromatic N) is 3. The van der Waals surface area contributed by atoms with Crippen molar-refractivity contribution in [3.8, 4) is 0 Å². The molecule has 92 valence electrons. The van der Waals surface area contributed by atoms with E-state index in [1.807, 2.05) is 0 Å². The van der Waals surface area contributed by atoms with Crippen molar-refractivity contribution in [1.82, 2.24) is 9.97 Å². The van der Waals surface area contributed by atoms with Gasteiger partial charge in [0, 0.05) is 20.1 Å². The van der Waals surface area contributed by atoms with E-state index in [0.717, 1.165) is 6.20 Å². The Labute approximate surface area is 98.0 Å². The maximum absolute atomic E-state index is 13.6. The van der Waals surface area contributed by atoms with Gasteiger partial charge in [0.05, 0.1) is 12.1 Å². The van der Waals surface area contributed by atoms with Crippen LogP contribution in [-0.4, -0.2) is 36.0 Å². The molecule has 1 fully saturated rings. The van der Waals surface area contributed by atoms with Crippen molar-refractivity contribution >= 4 is 17.7 Å². The van der Waals surface area contributed by atoms with Gasteiger partial charge < -0.3 is 16.0 Å². The van der Waals surface area contributed by atoms with E-state index in [-0.39, 0.29) is 17.6 Å². The molecule has 1 aromatic heterocycles. The molecular formula is C10H14FN5O. The van der Waals surface area contributed by atoms with Crippen molar-refractivity contribution in [1.29, 1.82) is 0 Å². The van der Waals surface area contributed by atoms with Crippen LogP contribution >= 0.6 is 0 Å². The highest BCUT2D eigenvalue weighted by atomic mass is 19.1. The lowest BCUT2D eigenvalue weighted by Crippen LogP contribution is -2.28. The van der Waals surface area contributed by atoms with Crippen LogP contribution < -0.4 is 16.0 Å². The summed E-state index contributed by atoms with van der Waals surface area (Å²) in [6, 6.07) is 0. The molecule has 7 heteroatoms. The summed E-state index contributed by atoms with van der Waals surface area (Å²) in [5, 5.41) is 2.74. The van der Waals surface area contributed by atoms with Crippen LogP contribution in [0.1, 0.15) is 6.42 Å². The van der Waals surface area contributed by atoms with Gasteiger partial charge in [-0.15, -0.1) is 0 Å². The van der Waals surface area contributed by atoms with Gasteiger partial charge in [-0.1, -0.05) is 0 Å². The zero-order chi connectivity index (χ0) is 12.4. The molecule has 3 N–H and O–H groups in total. The van der Waals surface area contributed by atoms with Crippen LogP contribution in [0.15, 0.2) is 6.20 Å². The normalized spacial score (nSPS) is 19.4. The van der Waals surface area contributed by atoms with Gasteiger partial charge in [0.2, 0.25) is 11.9 Å². The van der Waals surface area contributed by atoms with E-state index in [2.05, 4.69) is 15.3 Å². The molecule has 0 aromatic carbocycles. The van der Waals surface area contributed by atoms with Crippen molar-refractivity contribution in [2.45, 2.75) is 6.42 Å². The summed E-state index contributed by atoms with van der Waals surface area (Å²) in [6.45, 7) is 0.983. The maximum atomic E-state index is 13.6. The lowest BCUT2D eigenvalue weighted by atomic mass is 10.1. The highest BCUT2D eigenvalue weighted by Crippen LogP contribution is 2.24. The van der Waals surface area contributed by atoms with E-state index in [4.69, 9.17) is 5.73 Å². The minimum atomic E-state index is -0.492. The molecular weight excluding hydrogens is 225 g/mol. The van der Waals surface area contributed by atoms with E-state index >= 15 is 0 Å². The summed E-state index contributed by atoms with van der Waals surface area (Å²) < 4.78 is 13.6. The van der Waals surface area contributed by atoms with Crippen molar-refractivity contribution in [2.24, 2.45) is 11.7 Å². The molecule has 1 unspecified atom stereocenters. The number of hydrogen-bond donors (Lipinski definition) is 2. The quantitative estimate of drug-likeness (QED) is 0.773. The molecule has 1 aliphatic rings. The minimum absolute atomic E-state index is 0.216. The van der Waals surface area contributed by atoms with E-state index in [1.165, 1.54) is 0 Å². The summed E-state index contributed by atoms with van der Waals surface area (Å²) in [5.41, 5.74) is 5.23. The van der Waals surface area contributed by atoms with Crippen LogP contribution in [0.25, 0.3) is 0 Å². The molecule has 0 bridgehead atoms.